The van der Waals surface area contributed by atoms with Crippen molar-refractivity contribution >= 4 is 52.6 Å². The number of carbonyl (C=O) groups excluding carboxylic acids is 1. The van der Waals surface area contributed by atoms with E-state index in [2.05, 4.69) is 4.74 Å². The van der Waals surface area contributed by atoms with Gasteiger partial charge in [-0.2, -0.15) is 0 Å². The molecule has 0 unspecified atom stereocenters. The molecule has 17 heavy (non-hydrogen) atoms. The Hall–Kier alpha value is -0.550. The highest BCUT2D eigenvalue weighted by atomic mass is 35.5. The van der Waals surface area contributed by atoms with Crippen LogP contribution in [0.15, 0.2) is 0 Å². The molecule has 0 aromatic heterocycles. The predicted molar refractivity (Wildman–Crippen MR) is 66.1 cm³/mol. The van der Waals surface area contributed by atoms with Crippen LogP contribution in [0.1, 0.15) is 0 Å². The maximum absolute atomic E-state index is 11.0. The largest absolute Gasteiger partial charge is 0.513 e. The monoisotopic (exact) mass is 318 g/mol. The number of rotatable bonds is 2. The molecule has 4 nitrogen and oxygen atoms in total. The topological polar surface area (TPSA) is 44.8 Å². The van der Waals surface area contributed by atoms with Crippen molar-refractivity contribution in [2.75, 3.05) is 14.2 Å². The summed E-state index contributed by atoms with van der Waals surface area (Å²) in [5, 5.41) is -0.212. The van der Waals surface area contributed by atoms with E-state index < -0.39 is 6.16 Å². The number of ether oxygens (including phenoxy) is 3. The molecule has 8 heteroatoms. The number of hydrogen-bond donors (Lipinski definition) is 0. The Bertz CT molecular complexity index is 432. The second kappa shape index (κ2) is 5.87. The molecule has 0 aliphatic carbocycles. The zero-order valence-corrected chi connectivity index (χ0v) is 11.7. The highest BCUT2D eigenvalue weighted by molar-refractivity contribution is 6.50. The van der Waals surface area contributed by atoms with E-state index in [1.54, 1.807) is 0 Å². The van der Waals surface area contributed by atoms with Crippen molar-refractivity contribution in [1.82, 2.24) is 0 Å². The Morgan fingerprint density at radius 2 is 1.29 bits per heavy atom. The lowest BCUT2D eigenvalue weighted by molar-refractivity contribution is 0.121. The zero-order valence-electron chi connectivity index (χ0n) is 8.64. The molecule has 0 fully saturated rings. The Balaban J connectivity index is 3.37. The van der Waals surface area contributed by atoms with Gasteiger partial charge in [-0.3, -0.25) is 0 Å². The first kappa shape index (κ1) is 14.5. The summed E-state index contributed by atoms with van der Waals surface area (Å²) >= 11 is 23.5. The number of halogens is 4. The summed E-state index contributed by atoms with van der Waals surface area (Å²) in [6.07, 6.45) is -0.994. The van der Waals surface area contributed by atoms with Crippen LogP contribution in [0, 0.1) is 0 Å². The van der Waals surface area contributed by atoms with Gasteiger partial charge in [0.25, 0.3) is 0 Å². The van der Waals surface area contributed by atoms with E-state index in [0.717, 1.165) is 7.11 Å². The first-order chi connectivity index (χ1) is 7.93. The number of benzene rings is 1. The second-order valence-electron chi connectivity index (χ2n) is 2.67. The smallest absolute Gasteiger partial charge is 0.494 e. The summed E-state index contributed by atoms with van der Waals surface area (Å²) in [5.74, 6) is -0.0865. The molecule has 0 amide bonds. The van der Waals surface area contributed by atoms with Gasteiger partial charge in [-0.1, -0.05) is 46.4 Å². The van der Waals surface area contributed by atoms with Crippen LogP contribution in [0.5, 0.6) is 11.5 Å². The van der Waals surface area contributed by atoms with Crippen molar-refractivity contribution in [1.29, 1.82) is 0 Å². The molecule has 1 aromatic carbocycles. The molecule has 1 rings (SSSR count). The van der Waals surface area contributed by atoms with Crippen molar-refractivity contribution in [2.45, 2.75) is 0 Å². The maximum Gasteiger partial charge on any atom is 0.513 e. The third-order valence-electron chi connectivity index (χ3n) is 1.74. The van der Waals surface area contributed by atoms with Gasteiger partial charge in [0.1, 0.15) is 20.1 Å². The van der Waals surface area contributed by atoms with Gasteiger partial charge >= 0.3 is 6.16 Å². The third-order valence-corrected chi connectivity index (χ3v) is 3.37. The molecular weight excluding hydrogens is 314 g/mol. The summed E-state index contributed by atoms with van der Waals surface area (Å²) in [7, 11) is 2.48. The summed E-state index contributed by atoms with van der Waals surface area (Å²) in [5.41, 5.74) is 0. The fourth-order valence-corrected chi connectivity index (χ4v) is 2.03. The van der Waals surface area contributed by atoms with E-state index in [4.69, 9.17) is 55.9 Å². The average molecular weight is 320 g/mol. The Morgan fingerprint density at radius 1 is 0.882 bits per heavy atom. The molecule has 94 valence electrons. The van der Waals surface area contributed by atoms with Crippen LogP contribution in [0.2, 0.25) is 20.1 Å². The second-order valence-corrected chi connectivity index (χ2v) is 4.19. The predicted octanol–water partition coefficient (Wildman–Crippen LogP) is 4.45. The van der Waals surface area contributed by atoms with Crippen LogP contribution in [-0.2, 0) is 4.74 Å². The summed E-state index contributed by atoms with van der Waals surface area (Å²) < 4.78 is 14.0. The van der Waals surface area contributed by atoms with E-state index in [9.17, 15) is 4.79 Å². The van der Waals surface area contributed by atoms with Crippen molar-refractivity contribution in [3.63, 3.8) is 0 Å². The molecule has 0 radical (unpaired) electrons. The molecule has 0 aliphatic rings. The van der Waals surface area contributed by atoms with Crippen LogP contribution in [0.4, 0.5) is 4.79 Å². The van der Waals surface area contributed by atoms with Gasteiger partial charge < -0.3 is 14.2 Å². The van der Waals surface area contributed by atoms with E-state index in [-0.39, 0.29) is 31.6 Å². The van der Waals surface area contributed by atoms with E-state index in [0.29, 0.717) is 0 Å². The van der Waals surface area contributed by atoms with Crippen LogP contribution >= 0.6 is 46.4 Å². The number of hydrogen-bond acceptors (Lipinski definition) is 4. The minimum absolute atomic E-state index is 0.0116. The van der Waals surface area contributed by atoms with Crippen molar-refractivity contribution in [3.8, 4) is 11.5 Å². The van der Waals surface area contributed by atoms with Gasteiger partial charge in [-0.25, -0.2) is 4.79 Å². The van der Waals surface area contributed by atoms with Gasteiger partial charge in [0, 0.05) is 0 Å². The van der Waals surface area contributed by atoms with Gasteiger partial charge in [0.2, 0.25) is 0 Å². The molecule has 0 heterocycles. The van der Waals surface area contributed by atoms with Crippen molar-refractivity contribution < 1.29 is 19.0 Å². The normalized spacial score (nSPS) is 10.0. The van der Waals surface area contributed by atoms with E-state index >= 15 is 0 Å². The minimum Gasteiger partial charge on any atom is -0.494 e. The van der Waals surface area contributed by atoms with Crippen LogP contribution < -0.4 is 9.47 Å². The lowest BCUT2D eigenvalue weighted by atomic mass is 10.3. The van der Waals surface area contributed by atoms with Crippen LogP contribution in [-0.4, -0.2) is 20.4 Å². The van der Waals surface area contributed by atoms with Gasteiger partial charge in [-0.05, 0) is 0 Å². The third kappa shape index (κ3) is 2.83. The Morgan fingerprint density at radius 3 is 1.65 bits per heavy atom. The lowest BCUT2D eigenvalue weighted by Crippen LogP contribution is -2.08. The molecule has 0 bridgehead atoms. The average Bonchev–Trinajstić information content (AvgIpc) is 2.32. The maximum atomic E-state index is 11.0. The van der Waals surface area contributed by atoms with Crippen LogP contribution in [0.3, 0.4) is 0 Å². The fourth-order valence-electron chi connectivity index (χ4n) is 0.985. The quantitative estimate of drug-likeness (QED) is 0.459. The van der Waals surface area contributed by atoms with Gasteiger partial charge in [-0.15, -0.1) is 0 Å². The Labute approximate surface area is 117 Å². The Kier molecular flexibility index (Phi) is 5.01. The summed E-state index contributed by atoms with van der Waals surface area (Å²) in [4.78, 5) is 11.0. The molecule has 0 saturated heterocycles. The lowest BCUT2D eigenvalue weighted by Gasteiger charge is -2.13. The highest BCUT2D eigenvalue weighted by Crippen LogP contribution is 2.49. The first-order valence-corrected chi connectivity index (χ1v) is 5.60. The molecule has 0 spiro atoms. The standard InChI is InChI=1S/C9H6Cl4O4/c1-15-7-3(10)5(12)8(6(13)4(7)11)17-9(14)16-2/h1-2H3. The first-order valence-electron chi connectivity index (χ1n) is 4.09. The van der Waals surface area contributed by atoms with Crippen molar-refractivity contribution in [3.05, 3.63) is 20.1 Å². The zero-order chi connectivity index (χ0) is 13.2. The number of methoxy groups -OCH3 is 2. The molecule has 1 aromatic rings. The summed E-state index contributed by atoms with van der Waals surface area (Å²) in [6, 6.07) is 0. The highest BCUT2D eigenvalue weighted by Gasteiger charge is 2.24. The minimum atomic E-state index is -0.994. The summed E-state index contributed by atoms with van der Waals surface area (Å²) in [6.45, 7) is 0. The fraction of sp³-hybridized carbons (Fsp3) is 0.222. The molecular formula is C9H6Cl4O4. The van der Waals surface area contributed by atoms with Gasteiger partial charge in [0.15, 0.2) is 11.5 Å². The molecule has 0 aliphatic heterocycles. The number of carbonyl (C=O) groups is 1. The SMILES string of the molecule is COC(=O)Oc1c(Cl)c(Cl)c(OC)c(Cl)c1Cl. The van der Waals surface area contributed by atoms with E-state index in [1.807, 2.05) is 0 Å². The molecule has 0 N–H and O–H groups in total. The molecule has 0 atom stereocenters. The van der Waals surface area contributed by atoms with Crippen molar-refractivity contribution in [2.24, 2.45) is 0 Å². The van der Waals surface area contributed by atoms with E-state index in [1.165, 1.54) is 7.11 Å². The molecule has 0 saturated carbocycles. The van der Waals surface area contributed by atoms with Gasteiger partial charge in [0.05, 0.1) is 14.2 Å². The van der Waals surface area contributed by atoms with Crippen LogP contribution in [0.25, 0.3) is 0 Å².